The number of nitrogens with one attached hydrogen (secondary N) is 1. The summed E-state index contributed by atoms with van der Waals surface area (Å²) in [6, 6.07) is 22.3. The molecule has 1 unspecified atom stereocenters. The number of carbonyl (C=O) groups is 2. The maximum atomic E-state index is 13.9. The highest BCUT2D eigenvalue weighted by Crippen LogP contribution is 2.35. The second-order valence-electron chi connectivity index (χ2n) is 10.6. The van der Waals surface area contributed by atoms with Gasteiger partial charge in [-0.05, 0) is 68.7 Å². The molecule has 3 aromatic rings. The molecule has 0 radical (unpaired) electrons. The summed E-state index contributed by atoms with van der Waals surface area (Å²) < 4.78 is 2.03. The van der Waals surface area contributed by atoms with Crippen molar-refractivity contribution in [3.8, 4) is 11.3 Å². The largest absolute Gasteiger partial charge is 0.351 e. The van der Waals surface area contributed by atoms with Crippen LogP contribution in [-0.4, -0.2) is 32.9 Å². The van der Waals surface area contributed by atoms with Crippen LogP contribution in [0.2, 0.25) is 0 Å². The predicted molar refractivity (Wildman–Crippen MR) is 139 cm³/mol. The standard InChI is InChI=1S/C30H35N3O2/c1-21-12-14-25(15-13-21)31-29(35)30(3)20-32-26(24-10-5-4-6-11-24)16-17-27(32)28(34)33(30)19-23-9-7-8-22(2)18-23/h4-11,16-18,21,25H,12-15,19-20H2,1-3H3,(H,31,35). The number of amides is 2. The summed E-state index contributed by atoms with van der Waals surface area (Å²) in [5.41, 5.74) is 3.82. The summed E-state index contributed by atoms with van der Waals surface area (Å²) in [4.78, 5) is 29.7. The van der Waals surface area contributed by atoms with E-state index in [1.54, 1.807) is 4.90 Å². The molecule has 5 heteroatoms. The monoisotopic (exact) mass is 469 g/mol. The normalized spacial score (nSPS) is 24.2. The summed E-state index contributed by atoms with van der Waals surface area (Å²) in [6.45, 7) is 7.08. The fraction of sp³-hybridized carbons (Fsp3) is 0.400. The van der Waals surface area contributed by atoms with Gasteiger partial charge in [-0.25, -0.2) is 0 Å². The molecule has 1 N–H and O–H groups in total. The lowest BCUT2D eigenvalue weighted by Crippen LogP contribution is -2.64. The van der Waals surface area contributed by atoms with E-state index in [1.165, 1.54) is 0 Å². The summed E-state index contributed by atoms with van der Waals surface area (Å²) in [5.74, 6) is 0.551. The Hall–Kier alpha value is -3.34. The van der Waals surface area contributed by atoms with Crippen LogP contribution < -0.4 is 5.32 Å². The molecule has 0 saturated heterocycles. The molecule has 1 fully saturated rings. The van der Waals surface area contributed by atoms with Gasteiger partial charge in [0.2, 0.25) is 5.91 Å². The van der Waals surface area contributed by atoms with Gasteiger partial charge in [-0.3, -0.25) is 9.59 Å². The van der Waals surface area contributed by atoms with Gasteiger partial charge in [0.15, 0.2) is 0 Å². The second kappa shape index (κ2) is 9.37. The topological polar surface area (TPSA) is 54.3 Å². The van der Waals surface area contributed by atoms with Gasteiger partial charge in [-0.15, -0.1) is 0 Å². The second-order valence-corrected chi connectivity index (χ2v) is 10.6. The van der Waals surface area contributed by atoms with Crippen LogP contribution in [0.3, 0.4) is 0 Å². The lowest BCUT2D eigenvalue weighted by molar-refractivity contribution is -0.134. The van der Waals surface area contributed by atoms with Crippen LogP contribution in [0.5, 0.6) is 0 Å². The minimum absolute atomic E-state index is 0.0589. The third kappa shape index (κ3) is 4.52. The Morgan fingerprint density at radius 1 is 0.971 bits per heavy atom. The molecule has 2 amide bonds. The van der Waals surface area contributed by atoms with Gasteiger partial charge in [0.05, 0.1) is 6.54 Å². The molecule has 1 aliphatic carbocycles. The van der Waals surface area contributed by atoms with E-state index >= 15 is 0 Å². The molecule has 2 heterocycles. The first-order chi connectivity index (χ1) is 16.8. The van der Waals surface area contributed by atoms with Crippen LogP contribution in [0.15, 0.2) is 66.7 Å². The average molecular weight is 470 g/mol. The van der Waals surface area contributed by atoms with Crippen molar-refractivity contribution < 1.29 is 9.59 Å². The SMILES string of the molecule is Cc1cccc(CN2C(=O)c3ccc(-c4ccccc4)n3CC2(C)C(=O)NC2CCC(C)CC2)c1. The maximum absolute atomic E-state index is 13.9. The van der Waals surface area contributed by atoms with Crippen LogP contribution in [0.1, 0.15) is 61.1 Å². The molecule has 2 aliphatic rings. The first-order valence-corrected chi connectivity index (χ1v) is 12.8. The Kier molecular flexibility index (Phi) is 6.26. The molecule has 0 spiro atoms. The van der Waals surface area contributed by atoms with E-state index in [-0.39, 0.29) is 17.9 Å². The molecule has 5 rings (SSSR count). The van der Waals surface area contributed by atoms with Crippen molar-refractivity contribution in [2.24, 2.45) is 5.92 Å². The fourth-order valence-electron chi connectivity index (χ4n) is 5.62. The predicted octanol–water partition coefficient (Wildman–Crippen LogP) is 5.57. The number of nitrogens with zero attached hydrogens (tertiary/aromatic N) is 2. The number of aryl methyl sites for hydroxylation is 1. The lowest BCUT2D eigenvalue weighted by atomic mass is 9.86. The minimum atomic E-state index is -1.00. The number of hydrogen-bond acceptors (Lipinski definition) is 2. The molecule has 1 aromatic heterocycles. The van der Waals surface area contributed by atoms with Crippen molar-refractivity contribution in [3.63, 3.8) is 0 Å². The van der Waals surface area contributed by atoms with Gasteiger partial charge < -0.3 is 14.8 Å². The van der Waals surface area contributed by atoms with Crippen molar-refractivity contribution in [2.75, 3.05) is 0 Å². The zero-order valence-corrected chi connectivity index (χ0v) is 21.0. The zero-order chi connectivity index (χ0) is 24.6. The first-order valence-electron chi connectivity index (χ1n) is 12.8. The summed E-state index contributed by atoms with van der Waals surface area (Å²) in [7, 11) is 0. The first kappa shape index (κ1) is 23.4. The van der Waals surface area contributed by atoms with Crippen molar-refractivity contribution in [2.45, 2.75) is 71.1 Å². The molecular weight excluding hydrogens is 434 g/mol. The van der Waals surface area contributed by atoms with Gasteiger partial charge in [0.25, 0.3) is 5.91 Å². The fourth-order valence-corrected chi connectivity index (χ4v) is 5.62. The Labute approximate surface area is 208 Å². The molecule has 5 nitrogen and oxygen atoms in total. The average Bonchev–Trinajstić information content (AvgIpc) is 3.27. The smallest absolute Gasteiger partial charge is 0.271 e. The van der Waals surface area contributed by atoms with E-state index in [1.807, 2.05) is 66.1 Å². The number of carbonyl (C=O) groups excluding carboxylic acids is 2. The zero-order valence-electron chi connectivity index (χ0n) is 21.0. The molecule has 1 atom stereocenters. The van der Waals surface area contributed by atoms with Gasteiger partial charge in [0.1, 0.15) is 11.2 Å². The Morgan fingerprint density at radius 3 is 2.40 bits per heavy atom. The molecule has 0 bridgehead atoms. The highest BCUT2D eigenvalue weighted by Gasteiger charge is 2.48. The molecule has 35 heavy (non-hydrogen) atoms. The molecule has 182 valence electrons. The number of benzene rings is 2. The number of rotatable bonds is 5. The molecule has 1 saturated carbocycles. The van der Waals surface area contributed by atoms with Crippen LogP contribution in [0.4, 0.5) is 0 Å². The van der Waals surface area contributed by atoms with E-state index in [2.05, 4.69) is 31.3 Å². The van der Waals surface area contributed by atoms with E-state index in [0.717, 1.165) is 48.1 Å². The quantitative estimate of drug-likeness (QED) is 0.531. The molecule has 1 aliphatic heterocycles. The van der Waals surface area contributed by atoms with E-state index in [9.17, 15) is 9.59 Å². The van der Waals surface area contributed by atoms with Crippen molar-refractivity contribution in [1.29, 1.82) is 0 Å². The Bertz CT molecular complexity index is 1220. The van der Waals surface area contributed by atoms with Gasteiger partial charge in [0, 0.05) is 18.3 Å². The highest BCUT2D eigenvalue weighted by molar-refractivity contribution is 6.00. The number of fused-ring (bicyclic) bond motifs is 1. The van der Waals surface area contributed by atoms with Crippen LogP contribution in [0.25, 0.3) is 11.3 Å². The number of hydrogen-bond donors (Lipinski definition) is 1. The van der Waals surface area contributed by atoms with Crippen LogP contribution in [0, 0.1) is 12.8 Å². The summed E-state index contributed by atoms with van der Waals surface area (Å²) in [5, 5.41) is 3.33. The Balaban J connectivity index is 1.52. The van der Waals surface area contributed by atoms with Crippen molar-refractivity contribution in [3.05, 3.63) is 83.6 Å². The number of aromatic nitrogens is 1. The minimum Gasteiger partial charge on any atom is -0.351 e. The van der Waals surface area contributed by atoms with Gasteiger partial charge >= 0.3 is 0 Å². The van der Waals surface area contributed by atoms with Gasteiger partial charge in [-0.1, -0.05) is 67.1 Å². The van der Waals surface area contributed by atoms with Crippen LogP contribution in [-0.2, 0) is 17.9 Å². The van der Waals surface area contributed by atoms with E-state index in [0.29, 0.717) is 24.7 Å². The third-order valence-electron chi connectivity index (χ3n) is 7.84. The highest BCUT2D eigenvalue weighted by atomic mass is 16.2. The van der Waals surface area contributed by atoms with E-state index in [4.69, 9.17) is 0 Å². The van der Waals surface area contributed by atoms with E-state index < -0.39 is 5.54 Å². The van der Waals surface area contributed by atoms with Crippen molar-refractivity contribution in [1.82, 2.24) is 14.8 Å². The molecular formula is C30H35N3O2. The van der Waals surface area contributed by atoms with Crippen molar-refractivity contribution >= 4 is 11.8 Å². The third-order valence-corrected chi connectivity index (χ3v) is 7.84. The summed E-state index contributed by atoms with van der Waals surface area (Å²) in [6.07, 6.45) is 4.26. The Morgan fingerprint density at radius 2 is 1.69 bits per heavy atom. The molecule has 2 aromatic carbocycles. The lowest BCUT2D eigenvalue weighted by Gasteiger charge is -2.45. The maximum Gasteiger partial charge on any atom is 0.271 e. The van der Waals surface area contributed by atoms with Crippen LogP contribution >= 0.6 is 0 Å². The summed E-state index contributed by atoms with van der Waals surface area (Å²) >= 11 is 0. The van der Waals surface area contributed by atoms with Gasteiger partial charge in [-0.2, -0.15) is 0 Å².